The maximum Gasteiger partial charge on any atom is 0.415 e. The summed E-state index contributed by atoms with van der Waals surface area (Å²) in [5.74, 6) is -0.0336. The predicted octanol–water partition coefficient (Wildman–Crippen LogP) is 9.57. The zero-order valence-electron chi connectivity index (χ0n) is 25.5. The summed E-state index contributed by atoms with van der Waals surface area (Å²) in [4.78, 5) is 25.1. The van der Waals surface area contributed by atoms with Gasteiger partial charge in [0.2, 0.25) is 0 Å². The molecule has 0 radical (unpaired) electrons. The number of benzene rings is 5. The number of ether oxygens (including phenoxy) is 1. The van der Waals surface area contributed by atoms with E-state index in [0.717, 1.165) is 22.3 Å². The second-order valence-corrected chi connectivity index (χ2v) is 9.98. The number of hydrogen-bond acceptors (Lipinski definition) is 5. The molecule has 6 rings (SSSR count). The summed E-state index contributed by atoms with van der Waals surface area (Å²) in [7, 11) is 0. The predicted molar refractivity (Wildman–Crippen MR) is 176 cm³/mol. The highest BCUT2D eigenvalue weighted by atomic mass is 19.1. The van der Waals surface area contributed by atoms with Gasteiger partial charge in [-0.15, -0.1) is 0 Å². The van der Waals surface area contributed by atoms with Gasteiger partial charge < -0.3 is 14.9 Å². The molecule has 1 unspecified atom stereocenters. The smallest absolute Gasteiger partial charge is 0.415 e. The molecule has 1 amide bonds. The van der Waals surface area contributed by atoms with Crippen LogP contribution in [0.2, 0.25) is 0 Å². The van der Waals surface area contributed by atoms with E-state index in [9.17, 15) is 24.2 Å². The number of anilines is 1. The number of carbonyl (C=O) groups is 2. The second kappa shape index (κ2) is 15.3. The minimum Gasteiger partial charge on any atom is -0.508 e. The SMILES string of the molecule is CC.CCC(=O)c1ccc(F)cc1.O=C1OCC(c2ccc(-c3cccc(O)c3)cc2O)N1c1ccc(-c2ccccc2)cc1. The zero-order valence-corrected chi connectivity index (χ0v) is 25.5. The standard InChI is InChI=1S/C27H21NO4.C9H9FO.C2H6/c29-23-8-4-7-20(15-23)21-11-14-24(26(30)16-21)25-17-32-27(31)28(25)22-12-9-19(10-13-22)18-5-2-1-3-6-18;1-2-9(11)7-3-5-8(10)6-4-7;1-2/h1-16,25,29-30H,17H2;3-6H,2H2,1H3;1-2H3. The normalized spacial score (nSPS) is 13.6. The van der Waals surface area contributed by atoms with E-state index in [1.54, 1.807) is 42.2 Å². The van der Waals surface area contributed by atoms with Gasteiger partial charge in [-0.05, 0) is 76.9 Å². The Bertz CT molecular complexity index is 1720. The lowest BCUT2D eigenvalue weighted by atomic mass is 9.98. The molecule has 7 heteroatoms. The first kappa shape index (κ1) is 32.5. The Morgan fingerprint density at radius 1 is 0.778 bits per heavy atom. The van der Waals surface area contributed by atoms with E-state index >= 15 is 0 Å². The molecule has 0 aromatic heterocycles. The van der Waals surface area contributed by atoms with Gasteiger partial charge in [0.1, 0.15) is 30.0 Å². The Morgan fingerprint density at radius 3 is 2.00 bits per heavy atom. The summed E-state index contributed by atoms with van der Waals surface area (Å²) in [6.07, 6.45) is 0.0185. The molecule has 45 heavy (non-hydrogen) atoms. The van der Waals surface area contributed by atoms with Crippen LogP contribution in [0, 0.1) is 5.82 Å². The van der Waals surface area contributed by atoms with E-state index in [1.165, 1.54) is 24.3 Å². The summed E-state index contributed by atoms with van der Waals surface area (Å²) in [6.45, 7) is 5.93. The van der Waals surface area contributed by atoms with E-state index in [4.69, 9.17) is 4.74 Å². The molecule has 1 fully saturated rings. The molecule has 1 aliphatic heterocycles. The molecule has 0 saturated carbocycles. The highest BCUT2D eigenvalue weighted by Crippen LogP contribution is 2.39. The fraction of sp³-hybridized carbons (Fsp3) is 0.158. The third-order valence-corrected chi connectivity index (χ3v) is 7.18. The molecule has 5 aromatic rings. The summed E-state index contributed by atoms with van der Waals surface area (Å²) in [6, 6.07) is 35.0. The van der Waals surface area contributed by atoms with Crippen molar-refractivity contribution in [3.05, 3.63) is 138 Å². The molecule has 0 aliphatic carbocycles. The van der Waals surface area contributed by atoms with E-state index < -0.39 is 12.1 Å². The van der Waals surface area contributed by atoms with Crippen molar-refractivity contribution in [1.29, 1.82) is 0 Å². The monoisotopic (exact) mass is 605 g/mol. The molecule has 1 aliphatic rings. The van der Waals surface area contributed by atoms with Gasteiger partial charge in [0.15, 0.2) is 5.78 Å². The Balaban J connectivity index is 0.000000299. The van der Waals surface area contributed by atoms with Crippen LogP contribution in [-0.2, 0) is 4.74 Å². The number of nitrogens with zero attached hydrogens (tertiary/aromatic N) is 1. The number of carbonyl (C=O) groups excluding carboxylic acids is 2. The number of halogens is 1. The molecule has 230 valence electrons. The Hall–Kier alpha value is -5.43. The molecule has 1 heterocycles. The second-order valence-electron chi connectivity index (χ2n) is 9.98. The van der Waals surface area contributed by atoms with Crippen LogP contribution in [0.1, 0.15) is 49.2 Å². The summed E-state index contributed by atoms with van der Waals surface area (Å²) in [5, 5.41) is 20.5. The lowest BCUT2D eigenvalue weighted by molar-refractivity contribution is 0.0988. The third kappa shape index (κ3) is 7.95. The fourth-order valence-electron chi connectivity index (χ4n) is 4.91. The molecule has 1 atom stereocenters. The molecule has 2 N–H and O–H groups in total. The fourth-order valence-corrected chi connectivity index (χ4v) is 4.91. The van der Waals surface area contributed by atoms with Crippen molar-refractivity contribution in [2.45, 2.75) is 33.2 Å². The number of aromatic hydroxyl groups is 2. The molecular weight excluding hydrogens is 569 g/mol. The first-order valence-electron chi connectivity index (χ1n) is 14.9. The van der Waals surface area contributed by atoms with E-state index in [1.807, 2.05) is 80.6 Å². The van der Waals surface area contributed by atoms with E-state index in [2.05, 4.69) is 0 Å². The van der Waals surface area contributed by atoms with Gasteiger partial charge in [0, 0.05) is 23.2 Å². The highest BCUT2D eigenvalue weighted by Gasteiger charge is 2.36. The number of ketones is 1. The van der Waals surface area contributed by atoms with Crippen LogP contribution in [0.5, 0.6) is 11.5 Å². The number of hydrogen-bond donors (Lipinski definition) is 2. The van der Waals surface area contributed by atoms with Crippen LogP contribution in [0.25, 0.3) is 22.3 Å². The lowest BCUT2D eigenvalue weighted by Gasteiger charge is -2.23. The number of amides is 1. The Labute approximate surface area is 263 Å². The maximum atomic E-state index is 12.5. The van der Waals surface area contributed by atoms with Gasteiger partial charge in [0.05, 0.1) is 0 Å². The van der Waals surface area contributed by atoms with Gasteiger partial charge in [-0.1, -0.05) is 87.5 Å². The lowest BCUT2D eigenvalue weighted by Crippen LogP contribution is -2.27. The Morgan fingerprint density at radius 2 is 1.38 bits per heavy atom. The average molecular weight is 606 g/mol. The van der Waals surface area contributed by atoms with Crippen molar-refractivity contribution in [3.63, 3.8) is 0 Å². The van der Waals surface area contributed by atoms with Crippen LogP contribution >= 0.6 is 0 Å². The van der Waals surface area contributed by atoms with Gasteiger partial charge in [-0.3, -0.25) is 9.69 Å². The number of phenols is 2. The first-order chi connectivity index (χ1) is 21.8. The molecule has 0 spiro atoms. The molecule has 1 saturated heterocycles. The van der Waals surface area contributed by atoms with Crippen LogP contribution < -0.4 is 4.90 Å². The Kier molecular flexibility index (Phi) is 11.1. The van der Waals surface area contributed by atoms with Gasteiger partial charge >= 0.3 is 6.09 Å². The zero-order chi connectivity index (χ0) is 32.3. The highest BCUT2D eigenvalue weighted by molar-refractivity contribution is 5.95. The minimum atomic E-state index is -0.445. The molecule has 5 aromatic carbocycles. The molecule has 0 bridgehead atoms. The molecule has 6 nitrogen and oxygen atoms in total. The largest absolute Gasteiger partial charge is 0.508 e. The number of rotatable bonds is 6. The average Bonchev–Trinajstić information content (AvgIpc) is 3.47. The van der Waals surface area contributed by atoms with Crippen molar-refractivity contribution in [2.24, 2.45) is 0 Å². The van der Waals surface area contributed by atoms with Crippen molar-refractivity contribution in [2.75, 3.05) is 11.5 Å². The third-order valence-electron chi connectivity index (χ3n) is 7.18. The van der Waals surface area contributed by atoms with Gasteiger partial charge in [0.25, 0.3) is 0 Å². The number of cyclic esters (lactones) is 1. The van der Waals surface area contributed by atoms with Crippen molar-refractivity contribution in [3.8, 4) is 33.8 Å². The van der Waals surface area contributed by atoms with E-state index in [-0.39, 0.29) is 29.7 Å². The van der Waals surface area contributed by atoms with E-state index in [0.29, 0.717) is 23.2 Å². The quantitative estimate of drug-likeness (QED) is 0.188. The van der Waals surface area contributed by atoms with Crippen molar-refractivity contribution >= 4 is 17.6 Å². The minimum absolute atomic E-state index is 0.0463. The number of phenolic OH excluding ortho intramolecular Hbond substituents is 2. The topological polar surface area (TPSA) is 87.1 Å². The van der Waals surface area contributed by atoms with Crippen molar-refractivity contribution in [1.82, 2.24) is 0 Å². The van der Waals surface area contributed by atoms with Gasteiger partial charge in [-0.2, -0.15) is 0 Å². The maximum absolute atomic E-state index is 12.5. The van der Waals surface area contributed by atoms with Crippen LogP contribution in [0.3, 0.4) is 0 Å². The summed E-state index contributed by atoms with van der Waals surface area (Å²) in [5.41, 5.74) is 5.59. The van der Waals surface area contributed by atoms with Gasteiger partial charge in [-0.25, -0.2) is 9.18 Å². The first-order valence-corrected chi connectivity index (χ1v) is 14.9. The summed E-state index contributed by atoms with van der Waals surface area (Å²) >= 11 is 0. The van der Waals surface area contributed by atoms with Crippen LogP contribution in [0.15, 0.2) is 121 Å². The molecular formula is C38H36FNO5. The van der Waals surface area contributed by atoms with Crippen LogP contribution in [-0.4, -0.2) is 28.7 Å². The summed E-state index contributed by atoms with van der Waals surface area (Å²) < 4.78 is 17.7. The number of Topliss-reactive ketones (excluding diaryl/α,β-unsaturated/α-hetero) is 1. The van der Waals surface area contributed by atoms with Crippen molar-refractivity contribution < 1.29 is 28.9 Å². The van der Waals surface area contributed by atoms with Crippen LogP contribution in [0.4, 0.5) is 14.9 Å².